The lowest BCUT2D eigenvalue weighted by Crippen LogP contribution is -2.62. The van der Waals surface area contributed by atoms with Crippen molar-refractivity contribution in [3.63, 3.8) is 0 Å². The molecule has 0 aliphatic carbocycles. The zero-order valence-corrected chi connectivity index (χ0v) is 12.7. The van der Waals surface area contributed by atoms with Gasteiger partial charge in [0, 0.05) is 26.2 Å². The van der Waals surface area contributed by atoms with Gasteiger partial charge >= 0.3 is 0 Å². The first-order valence-electron chi connectivity index (χ1n) is 7.26. The number of likely N-dealkylation sites (N-methyl/N-ethyl adjacent to an activating group) is 1. The number of amides is 1. The normalized spacial score (nSPS) is 21.0. The van der Waals surface area contributed by atoms with E-state index in [-0.39, 0.29) is 11.9 Å². The third-order valence-corrected chi connectivity index (χ3v) is 4.27. The molecule has 0 saturated carbocycles. The zero-order valence-electron chi connectivity index (χ0n) is 12.7. The van der Waals surface area contributed by atoms with Gasteiger partial charge in [-0.15, -0.1) is 0 Å². The molecule has 1 unspecified atom stereocenters. The Balaban J connectivity index is 2.32. The fourth-order valence-corrected chi connectivity index (χ4v) is 3.11. The van der Waals surface area contributed by atoms with Crippen molar-refractivity contribution in [2.45, 2.75) is 31.8 Å². The molecule has 20 heavy (non-hydrogen) atoms. The third-order valence-electron chi connectivity index (χ3n) is 4.27. The van der Waals surface area contributed by atoms with E-state index in [2.05, 4.69) is 17.0 Å². The summed E-state index contributed by atoms with van der Waals surface area (Å²) in [4.78, 5) is 16.6. The molecule has 0 spiro atoms. The van der Waals surface area contributed by atoms with Gasteiger partial charge in [-0.25, -0.2) is 0 Å². The number of carbonyl (C=O) groups excluding carboxylic acids is 1. The Labute approximate surface area is 121 Å². The lowest BCUT2D eigenvalue weighted by Gasteiger charge is -2.48. The van der Waals surface area contributed by atoms with Gasteiger partial charge in [-0.1, -0.05) is 30.3 Å². The molecule has 0 radical (unpaired) electrons. The summed E-state index contributed by atoms with van der Waals surface area (Å²) in [6.07, 6.45) is 0.866. The van der Waals surface area contributed by atoms with Crippen LogP contribution in [0.2, 0.25) is 0 Å². The first kappa shape index (κ1) is 15.0. The summed E-state index contributed by atoms with van der Waals surface area (Å²) in [6.45, 7) is 6.30. The van der Waals surface area contributed by atoms with Gasteiger partial charge in [-0.3, -0.25) is 9.69 Å². The fourth-order valence-electron chi connectivity index (χ4n) is 3.11. The first-order chi connectivity index (χ1) is 9.48. The molecule has 0 bridgehead atoms. The van der Waals surface area contributed by atoms with Gasteiger partial charge in [0.15, 0.2) is 0 Å². The van der Waals surface area contributed by atoms with Crippen LogP contribution in [0, 0.1) is 0 Å². The fraction of sp³-hybridized carbons (Fsp3) is 0.562. The number of piperazine rings is 1. The maximum absolute atomic E-state index is 12.5. The van der Waals surface area contributed by atoms with E-state index >= 15 is 0 Å². The minimum Gasteiger partial charge on any atom is -0.343 e. The predicted molar refractivity (Wildman–Crippen MR) is 81.3 cm³/mol. The molecule has 0 aromatic heterocycles. The maximum Gasteiger partial charge on any atom is 0.242 e. The molecule has 4 nitrogen and oxygen atoms in total. The minimum atomic E-state index is -0.483. The van der Waals surface area contributed by atoms with E-state index in [0.29, 0.717) is 6.54 Å². The van der Waals surface area contributed by atoms with Crippen LogP contribution in [0.3, 0.4) is 0 Å². The summed E-state index contributed by atoms with van der Waals surface area (Å²) >= 11 is 0. The van der Waals surface area contributed by atoms with Crippen molar-refractivity contribution >= 4 is 5.91 Å². The maximum atomic E-state index is 12.5. The highest BCUT2D eigenvalue weighted by atomic mass is 16.2. The van der Waals surface area contributed by atoms with Crippen LogP contribution in [0.15, 0.2) is 30.3 Å². The SMILES string of the molecule is CN1CCN(C(CCN)c2ccccc2)C(C)(C)C1=O. The molecule has 1 aliphatic rings. The monoisotopic (exact) mass is 275 g/mol. The van der Waals surface area contributed by atoms with Crippen molar-refractivity contribution in [2.24, 2.45) is 5.73 Å². The Hall–Kier alpha value is -1.39. The van der Waals surface area contributed by atoms with Crippen LogP contribution in [-0.4, -0.2) is 47.9 Å². The number of nitrogens with two attached hydrogens (primary N) is 1. The number of benzene rings is 1. The minimum absolute atomic E-state index is 0.182. The second-order valence-corrected chi connectivity index (χ2v) is 5.98. The van der Waals surface area contributed by atoms with E-state index in [0.717, 1.165) is 19.5 Å². The second kappa shape index (κ2) is 5.94. The van der Waals surface area contributed by atoms with E-state index in [1.54, 1.807) is 0 Å². The summed E-state index contributed by atoms with van der Waals surface area (Å²) in [6, 6.07) is 10.6. The summed E-state index contributed by atoms with van der Waals surface area (Å²) in [7, 11) is 1.88. The summed E-state index contributed by atoms with van der Waals surface area (Å²) in [5.41, 5.74) is 6.56. The molecule has 1 heterocycles. The molecular weight excluding hydrogens is 250 g/mol. The smallest absolute Gasteiger partial charge is 0.242 e. The molecule has 1 fully saturated rings. The molecule has 2 N–H and O–H groups in total. The molecule has 1 aromatic rings. The third kappa shape index (κ3) is 2.72. The Morgan fingerprint density at radius 1 is 1.25 bits per heavy atom. The van der Waals surface area contributed by atoms with E-state index in [1.807, 2.05) is 44.0 Å². The Bertz CT molecular complexity index is 458. The lowest BCUT2D eigenvalue weighted by atomic mass is 9.91. The largest absolute Gasteiger partial charge is 0.343 e. The van der Waals surface area contributed by atoms with Crippen LogP contribution < -0.4 is 5.73 Å². The van der Waals surface area contributed by atoms with Crippen molar-refractivity contribution in [3.8, 4) is 0 Å². The zero-order chi connectivity index (χ0) is 14.8. The average molecular weight is 275 g/mol. The number of nitrogens with zero attached hydrogens (tertiary/aromatic N) is 2. The topological polar surface area (TPSA) is 49.6 Å². The number of rotatable bonds is 4. The highest BCUT2D eigenvalue weighted by molar-refractivity contribution is 5.86. The standard InChI is InChI=1S/C16H25N3O/c1-16(2)15(20)18(3)11-12-19(16)14(9-10-17)13-7-5-4-6-8-13/h4-8,14H,9-12,17H2,1-3H3. The van der Waals surface area contributed by atoms with Gasteiger partial charge in [0.05, 0.1) is 5.54 Å². The summed E-state index contributed by atoms with van der Waals surface area (Å²) in [5, 5.41) is 0. The highest BCUT2D eigenvalue weighted by Crippen LogP contribution is 2.33. The quantitative estimate of drug-likeness (QED) is 0.908. The van der Waals surface area contributed by atoms with Crippen molar-refractivity contribution in [3.05, 3.63) is 35.9 Å². The number of carbonyl (C=O) groups is 1. The molecule has 1 atom stereocenters. The van der Waals surface area contributed by atoms with Crippen LogP contribution in [-0.2, 0) is 4.79 Å². The summed E-state index contributed by atoms with van der Waals surface area (Å²) < 4.78 is 0. The van der Waals surface area contributed by atoms with Crippen LogP contribution in [0.4, 0.5) is 0 Å². The van der Waals surface area contributed by atoms with Crippen LogP contribution in [0.5, 0.6) is 0 Å². The van der Waals surface area contributed by atoms with E-state index in [1.165, 1.54) is 5.56 Å². The Kier molecular flexibility index (Phi) is 4.45. The Morgan fingerprint density at radius 3 is 2.50 bits per heavy atom. The van der Waals surface area contributed by atoms with Crippen LogP contribution in [0.1, 0.15) is 31.9 Å². The first-order valence-corrected chi connectivity index (χ1v) is 7.26. The van der Waals surface area contributed by atoms with Crippen molar-refractivity contribution in [2.75, 3.05) is 26.7 Å². The molecule has 4 heteroatoms. The molecule has 1 amide bonds. The van der Waals surface area contributed by atoms with Gasteiger partial charge in [0.1, 0.15) is 0 Å². The van der Waals surface area contributed by atoms with Gasteiger partial charge in [-0.05, 0) is 32.4 Å². The highest BCUT2D eigenvalue weighted by Gasteiger charge is 2.43. The molecule has 1 saturated heterocycles. The lowest BCUT2D eigenvalue weighted by molar-refractivity contribution is -0.149. The molecule has 1 aromatic carbocycles. The number of hydrogen-bond acceptors (Lipinski definition) is 3. The molecule has 110 valence electrons. The second-order valence-electron chi connectivity index (χ2n) is 5.98. The van der Waals surface area contributed by atoms with Crippen molar-refractivity contribution < 1.29 is 4.79 Å². The van der Waals surface area contributed by atoms with E-state index in [4.69, 9.17) is 5.73 Å². The van der Waals surface area contributed by atoms with Crippen molar-refractivity contribution in [1.29, 1.82) is 0 Å². The van der Waals surface area contributed by atoms with Crippen LogP contribution >= 0.6 is 0 Å². The van der Waals surface area contributed by atoms with Gasteiger partial charge in [-0.2, -0.15) is 0 Å². The number of hydrogen-bond donors (Lipinski definition) is 1. The van der Waals surface area contributed by atoms with Crippen LogP contribution in [0.25, 0.3) is 0 Å². The average Bonchev–Trinajstić information content (AvgIpc) is 2.44. The van der Waals surface area contributed by atoms with Crippen molar-refractivity contribution in [1.82, 2.24) is 9.80 Å². The predicted octanol–water partition coefficient (Wildman–Crippen LogP) is 1.63. The Morgan fingerprint density at radius 2 is 1.90 bits per heavy atom. The van der Waals surface area contributed by atoms with Gasteiger partial charge in [0.2, 0.25) is 5.91 Å². The van der Waals surface area contributed by atoms with E-state index < -0.39 is 5.54 Å². The van der Waals surface area contributed by atoms with Gasteiger partial charge < -0.3 is 10.6 Å². The molecule has 2 rings (SSSR count). The van der Waals surface area contributed by atoms with Gasteiger partial charge in [0.25, 0.3) is 0 Å². The molecule has 1 aliphatic heterocycles. The van der Waals surface area contributed by atoms with E-state index in [9.17, 15) is 4.79 Å². The summed E-state index contributed by atoms with van der Waals surface area (Å²) in [5.74, 6) is 0.182. The molecular formula is C16H25N3O.